The summed E-state index contributed by atoms with van der Waals surface area (Å²) >= 11 is 0. The van der Waals surface area contributed by atoms with E-state index in [9.17, 15) is 4.79 Å². The fourth-order valence-electron chi connectivity index (χ4n) is 4.01. The maximum atomic E-state index is 12.5. The quantitative estimate of drug-likeness (QED) is 0.798. The van der Waals surface area contributed by atoms with Crippen LogP contribution >= 0.6 is 0 Å². The number of morpholine rings is 1. The van der Waals surface area contributed by atoms with Gasteiger partial charge in [-0.3, -0.25) is 14.6 Å². The van der Waals surface area contributed by atoms with Crippen molar-refractivity contribution < 1.29 is 14.4 Å². The van der Waals surface area contributed by atoms with Crippen molar-refractivity contribution in [1.29, 1.82) is 0 Å². The highest BCUT2D eigenvalue weighted by molar-refractivity contribution is 6.00. The lowest BCUT2D eigenvalue weighted by molar-refractivity contribution is -0.842. The third kappa shape index (κ3) is 3.72. The van der Waals surface area contributed by atoms with Crippen molar-refractivity contribution in [3.8, 4) is 0 Å². The molecule has 7 nitrogen and oxygen atoms in total. The summed E-state index contributed by atoms with van der Waals surface area (Å²) in [5, 5.41) is 3.28. The molecule has 1 saturated heterocycles. The van der Waals surface area contributed by atoms with Crippen molar-refractivity contribution in [2.75, 3.05) is 36.5 Å². The number of hydrogen-bond acceptors (Lipinski definition) is 5. The number of anilines is 3. The lowest BCUT2D eigenvalue weighted by Crippen LogP contribution is -3.09. The molecule has 2 aromatic rings. The Morgan fingerprint density at radius 3 is 2.57 bits per heavy atom. The van der Waals surface area contributed by atoms with E-state index >= 15 is 0 Å². The van der Waals surface area contributed by atoms with Gasteiger partial charge >= 0.3 is 0 Å². The molecule has 1 amide bonds. The number of amides is 1. The van der Waals surface area contributed by atoms with Crippen LogP contribution in [0.1, 0.15) is 32.3 Å². The Balaban J connectivity index is 1.51. The van der Waals surface area contributed by atoms with Gasteiger partial charge in [0.05, 0.1) is 19.6 Å². The van der Waals surface area contributed by atoms with Crippen LogP contribution < -0.4 is 15.1 Å². The van der Waals surface area contributed by atoms with Crippen LogP contribution in [0.5, 0.6) is 0 Å². The topological polar surface area (TPSA) is 71.8 Å². The Bertz CT molecular complexity index is 829. The molecular formula is C21H28N5O2+. The molecule has 2 aliphatic rings. The van der Waals surface area contributed by atoms with E-state index in [0.717, 1.165) is 56.2 Å². The van der Waals surface area contributed by atoms with E-state index in [0.29, 0.717) is 12.4 Å². The van der Waals surface area contributed by atoms with Gasteiger partial charge in [0.25, 0.3) is 0 Å². The molecule has 1 aromatic carbocycles. The number of rotatable bonds is 6. The van der Waals surface area contributed by atoms with Crippen LogP contribution in [0.25, 0.3) is 0 Å². The smallest absolute Gasteiger partial charge is 0.233 e. The Morgan fingerprint density at radius 2 is 1.89 bits per heavy atom. The van der Waals surface area contributed by atoms with Gasteiger partial charge in [-0.05, 0) is 25.0 Å². The molecule has 0 bridgehead atoms. The number of quaternary nitrogens is 1. The minimum absolute atomic E-state index is 0.119. The van der Waals surface area contributed by atoms with E-state index in [2.05, 4.69) is 53.4 Å². The summed E-state index contributed by atoms with van der Waals surface area (Å²) in [4.78, 5) is 24.9. The second-order valence-corrected chi connectivity index (χ2v) is 7.37. The van der Waals surface area contributed by atoms with Crippen LogP contribution in [-0.2, 0) is 16.0 Å². The first kappa shape index (κ1) is 18.8. The van der Waals surface area contributed by atoms with E-state index in [1.807, 2.05) is 4.90 Å². The molecule has 148 valence electrons. The second kappa shape index (κ2) is 8.24. The molecule has 2 aliphatic heterocycles. The molecular weight excluding hydrogens is 354 g/mol. The van der Waals surface area contributed by atoms with Crippen LogP contribution in [0, 0.1) is 0 Å². The largest absolute Gasteiger partial charge is 0.370 e. The molecule has 0 unspecified atom stereocenters. The minimum atomic E-state index is 0.119. The summed E-state index contributed by atoms with van der Waals surface area (Å²) in [5.74, 6) is 1.40. The molecule has 0 radical (unpaired) electrons. The molecule has 0 spiro atoms. The Morgan fingerprint density at radius 1 is 1.18 bits per heavy atom. The second-order valence-electron chi connectivity index (χ2n) is 7.37. The summed E-state index contributed by atoms with van der Waals surface area (Å²) in [6, 6.07) is 8.57. The molecule has 3 heterocycles. The van der Waals surface area contributed by atoms with Crippen molar-refractivity contribution in [1.82, 2.24) is 9.97 Å². The Hall–Kier alpha value is -2.51. The van der Waals surface area contributed by atoms with Gasteiger partial charge in [0, 0.05) is 35.6 Å². The lowest BCUT2D eigenvalue weighted by atomic mass is 10.1. The molecule has 4 rings (SSSR count). The van der Waals surface area contributed by atoms with Gasteiger partial charge in [0.2, 0.25) is 11.9 Å². The molecule has 2 N–H and O–H groups in total. The van der Waals surface area contributed by atoms with Gasteiger partial charge in [-0.1, -0.05) is 13.8 Å². The normalized spacial score (nSPS) is 17.2. The number of nitrogens with one attached hydrogen (secondary N) is 2. The summed E-state index contributed by atoms with van der Waals surface area (Å²) < 4.78 is 5.43. The fraction of sp³-hybridized carbons (Fsp3) is 0.476. The zero-order valence-corrected chi connectivity index (χ0v) is 16.6. The average Bonchev–Trinajstić information content (AvgIpc) is 3.06. The monoisotopic (exact) mass is 382 g/mol. The predicted octanol–water partition coefficient (Wildman–Crippen LogP) is 1.84. The van der Waals surface area contributed by atoms with Gasteiger partial charge in [-0.25, -0.2) is 4.98 Å². The van der Waals surface area contributed by atoms with E-state index in [1.54, 1.807) is 6.20 Å². The van der Waals surface area contributed by atoms with Crippen molar-refractivity contribution in [3.05, 3.63) is 36.0 Å². The molecule has 0 atom stereocenters. The number of carbonyl (C=O) groups excluding carboxylic acids is 1. The van der Waals surface area contributed by atoms with Gasteiger partial charge in [0.1, 0.15) is 24.6 Å². The van der Waals surface area contributed by atoms with Gasteiger partial charge < -0.3 is 10.1 Å². The van der Waals surface area contributed by atoms with Crippen molar-refractivity contribution in [2.45, 2.75) is 39.2 Å². The van der Waals surface area contributed by atoms with E-state index in [-0.39, 0.29) is 11.9 Å². The van der Waals surface area contributed by atoms with Gasteiger partial charge in [-0.2, -0.15) is 4.98 Å². The highest BCUT2D eigenvalue weighted by atomic mass is 16.5. The summed E-state index contributed by atoms with van der Waals surface area (Å²) in [6.07, 6.45) is 4.00. The molecule has 7 heteroatoms. The minimum Gasteiger partial charge on any atom is -0.370 e. The van der Waals surface area contributed by atoms with Crippen LogP contribution in [0.4, 0.5) is 23.1 Å². The third-order valence-electron chi connectivity index (χ3n) is 5.63. The SMILES string of the molecule is CCC(CC)N1C(=O)Cc2cnc(Nc3ccc([NH+]4CCOCC4)cc3)nc21. The average molecular weight is 382 g/mol. The number of fused-ring (bicyclic) bond motifs is 1. The first-order valence-electron chi connectivity index (χ1n) is 10.2. The maximum absolute atomic E-state index is 12.5. The summed E-state index contributed by atoms with van der Waals surface area (Å²) in [5.41, 5.74) is 3.12. The van der Waals surface area contributed by atoms with E-state index < -0.39 is 0 Å². The molecule has 0 saturated carbocycles. The summed E-state index contributed by atoms with van der Waals surface area (Å²) in [7, 11) is 0. The van der Waals surface area contributed by atoms with Crippen LogP contribution in [0.3, 0.4) is 0 Å². The maximum Gasteiger partial charge on any atom is 0.233 e. The molecule has 0 aliphatic carbocycles. The zero-order chi connectivity index (χ0) is 19.5. The number of hydrogen-bond donors (Lipinski definition) is 2. The van der Waals surface area contributed by atoms with Crippen LogP contribution in [0.2, 0.25) is 0 Å². The Labute approximate surface area is 165 Å². The number of nitrogens with zero attached hydrogens (tertiary/aromatic N) is 3. The third-order valence-corrected chi connectivity index (χ3v) is 5.63. The standard InChI is InChI=1S/C21H27N5O2/c1-3-17(4-2)26-19(27)13-15-14-22-21(24-20(15)26)23-16-5-7-18(8-6-16)25-9-11-28-12-10-25/h5-8,14,17H,3-4,9-13H2,1-2H3,(H,22,23,24)/p+1. The number of ether oxygens (including phenoxy) is 1. The predicted molar refractivity (Wildman–Crippen MR) is 108 cm³/mol. The van der Waals surface area contributed by atoms with Crippen molar-refractivity contribution >= 4 is 29.0 Å². The lowest BCUT2D eigenvalue weighted by Gasteiger charge is -2.25. The fourth-order valence-corrected chi connectivity index (χ4v) is 4.01. The number of aromatic nitrogens is 2. The zero-order valence-electron chi connectivity index (χ0n) is 16.6. The van der Waals surface area contributed by atoms with Gasteiger partial charge in [-0.15, -0.1) is 0 Å². The number of benzene rings is 1. The summed E-state index contributed by atoms with van der Waals surface area (Å²) in [6.45, 7) is 7.84. The Kier molecular flexibility index (Phi) is 5.54. The highest BCUT2D eigenvalue weighted by Gasteiger charge is 2.33. The first-order valence-corrected chi connectivity index (χ1v) is 10.2. The number of carbonyl (C=O) groups is 1. The van der Waals surface area contributed by atoms with Crippen LogP contribution in [0.15, 0.2) is 30.5 Å². The highest BCUT2D eigenvalue weighted by Crippen LogP contribution is 2.31. The molecule has 1 aromatic heterocycles. The first-order chi connectivity index (χ1) is 13.7. The van der Waals surface area contributed by atoms with E-state index in [4.69, 9.17) is 4.74 Å². The van der Waals surface area contributed by atoms with Crippen molar-refractivity contribution in [3.63, 3.8) is 0 Å². The van der Waals surface area contributed by atoms with E-state index in [1.165, 1.54) is 10.6 Å². The van der Waals surface area contributed by atoms with Gasteiger partial charge in [0.15, 0.2) is 0 Å². The molecule has 1 fully saturated rings. The van der Waals surface area contributed by atoms with Crippen molar-refractivity contribution in [2.24, 2.45) is 0 Å². The van der Waals surface area contributed by atoms with Crippen LogP contribution in [-0.4, -0.2) is 48.2 Å². The molecule has 28 heavy (non-hydrogen) atoms.